The molecule has 0 saturated heterocycles. The average Bonchev–Trinajstić information content (AvgIpc) is 2.99. The van der Waals surface area contributed by atoms with E-state index in [1.165, 1.54) is 6.07 Å². The van der Waals surface area contributed by atoms with Gasteiger partial charge in [0.15, 0.2) is 5.58 Å². The van der Waals surface area contributed by atoms with E-state index >= 15 is 0 Å². The van der Waals surface area contributed by atoms with Gasteiger partial charge in [-0.1, -0.05) is 6.07 Å². The maximum atomic E-state index is 12.6. The highest BCUT2D eigenvalue weighted by molar-refractivity contribution is 5.99. The molecule has 3 aromatic rings. The van der Waals surface area contributed by atoms with Crippen LogP contribution in [0.3, 0.4) is 0 Å². The third kappa shape index (κ3) is 2.11. The summed E-state index contributed by atoms with van der Waals surface area (Å²) in [5, 5.41) is 9.62. The van der Waals surface area contributed by atoms with Crippen LogP contribution in [-0.4, -0.2) is 20.9 Å². The Balaban J connectivity index is 1.68. The van der Waals surface area contributed by atoms with Crippen LogP contribution in [0.1, 0.15) is 34.5 Å². The zero-order valence-corrected chi connectivity index (χ0v) is 12.4. The predicted octanol–water partition coefficient (Wildman–Crippen LogP) is 2.54. The molecule has 4 rings (SSSR count). The van der Waals surface area contributed by atoms with Crippen molar-refractivity contribution in [3.05, 3.63) is 63.6 Å². The number of carbonyl (C=O) groups is 1. The standard InChI is InChI=1S/C17H14N2O4/c1-9-13-7-11(20)3-4-12(13)16(21)19(9)8-10-2-5-14-15(6-10)23-17(22)18-14/h2-7,9,20H,8H2,1H3,(H,18,22). The highest BCUT2D eigenvalue weighted by Gasteiger charge is 2.33. The highest BCUT2D eigenvalue weighted by atomic mass is 16.4. The van der Waals surface area contributed by atoms with Gasteiger partial charge in [-0.15, -0.1) is 0 Å². The highest BCUT2D eigenvalue weighted by Crippen LogP contribution is 2.36. The molecule has 1 atom stereocenters. The SMILES string of the molecule is CC1c2cc(O)ccc2C(=O)N1Cc1ccc2[nH]c(=O)oc2c1. The molecular formula is C17H14N2O4. The number of aromatic hydroxyl groups is 1. The molecule has 1 aliphatic rings. The molecule has 0 aliphatic carbocycles. The van der Waals surface area contributed by atoms with Crippen molar-refractivity contribution in [2.24, 2.45) is 0 Å². The minimum atomic E-state index is -0.495. The number of amides is 1. The van der Waals surface area contributed by atoms with E-state index in [0.29, 0.717) is 23.2 Å². The molecule has 1 aromatic heterocycles. The van der Waals surface area contributed by atoms with Gasteiger partial charge in [-0.3, -0.25) is 9.78 Å². The van der Waals surface area contributed by atoms with Gasteiger partial charge in [0.05, 0.1) is 11.6 Å². The first-order valence-corrected chi connectivity index (χ1v) is 7.28. The normalized spacial score (nSPS) is 17.0. The molecular weight excluding hydrogens is 296 g/mol. The zero-order valence-electron chi connectivity index (χ0n) is 12.4. The van der Waals surface area contributed by atoms with Crippen LogP contribution < -0.4 is 5.76 Å². The summed E-state index contributed by atoms with van der Waals surface area (Å²) in [4.78, 5) is 28.1. The molecule has 0 bridgehead atoms. The molecule has 6 nitrogen and oxygen atoms in total. The number of fused-ring (bicyclic) bond motifs is 2. The zero-order chi connectivity index (χ0) is 16.1. The van der Waals surface area contributed by atoms with Gasteiger partial charge in [0.2, 0.25) is 0 Å². The number of phenols is 1. The van der Waals surface area contributed by atoms with Gasteiger partial charge in [0, 0.05) is 12.1 Å². The number of nitrogens with zero attached hydrogens (tertiary/aromatic N) is 1. The minimum absolute atomic E-state index is 0.0666. The molecule has 0 saturated carbocycles. The summed E-state index contributed by atoms with van der Waals surface area (Å²) in [5.41, 5.74) is 3.42. The molecule has 0 spiro atoms. The molecule has 1 amide bonds. The molecule has 0 radical (unpaired) electrons. The van der Waals surface area contributed by atoms with Crippen molar-refractivity contribution >= 4 is 17.0 Å². The van der Waals surface area contributed by atoms with E-state index in [9.17, 15) is 14.7 Å². The number of rotatable bonds is 2. The quantitative estimate of drug-likeness (QED) is 0.761. The summed E-state index contributed by atoms with van der Waals surface area (Å²) in [6.45, 7) is 2.33. The first kappa shape index (κ1) is 13.6. The Bertz CT molecular complexity index is 986. The van der Waals surface area contributed by atoms with E-state index in [4.69, 9.17) is 4.42 Å². The molecule has 2 aromatic carbocycles. The fraction of sp³-hybridized carbons (Fsp3) is 0.176. The lowest BCUT2D eigenvalue weighted by Crippen LogP contribution is -2.26. The van der Waals surface area contributed by atoms with E-state index in [-0.39, 0.29) is 17.7 Å². The molecule has 6 heteroatoms. The van der Waals surface area contributed by atoms with Crippen LogP contribution >= 0.6 is 0 Å². The lowest BCUT2D eigenvalue weighted by molar-refractivity contribution is 0.0723. The maximum absolute atomic E-state index is 12.6. The summed E-state index contributed by atoms with van der Waals surface area (Å²) < 4.78 is 5.06. The fourth-order valence-electron chi connectivity index (χ4n) is 3.08. The van der Waals surface area contributed by atoms with Crippen LogP contribution in [0, 0.1) is 0 Å². The number of oxazole rings is 1. The molecule has 116 valence electrons. The van der Waals surface area contributed by atoms with Crippen molar-refractivity contribution in [2.45, 2.75) is 19.5 Å². The fourth-order valence-corrected chi connectivity index (χ4v) is 3.08. The second-order valence-corrected chi connectivity index (χ2v) is 5.73. The first-order chi connectivity index (χ1) is 11.0. The second-order valence-electron chi connectivity index (χ2n) is 5.73. The van der Waals surface area contributed by atoms with Crippen molar-refractivity contribution in [2.75, 3.05) is 0 Å². The number of H-pyrrole nitrogens is 1. The number of benzene rings is 2. The summed E-state index contributed by atoms with van der Waals surface area (Å²) >= 11 is 0. The van der Waals surface area contributed by atoms with E-state index in [1.807, 2.05) is 13.0 Å². The third-order valence-electron chi connectivity index (χ3n) is 4.28. The Morgan fingerprint density at radius 1 is 1.22 bits per heavy atom. The Hall–Kier alpha value is -3.02. The number of hydrogen-bond donors (Lipinski definition) is 2. The van der Waals surface area contributed by atoms with Gasteiger partial charge in [0.1, 0.15) is 5.75 Å². The number of aromatic amines is 1. The molecule has 23 heavy (non-hydrogen) atoms. The van der Waals surface area contributed by atoms with E-state index in [0.717, 1.165) is 11.1 Å². The largest absolute Gasteiger partial charge is 0.508 e. The van der Waals surface area contributed by atoms with Crippen LogP contribution in [-0.2, 0) is 6.54 Å². The summed E-state index contributed by atoms with van der Waals surface area (Å²) in [6.07, 6.45) is 0. The smallest absolute Gasteiger partial charge is 0.417 e. The lowest BCUT2D eigenvalue weighted by atomic mass is 10.1. The van der Waals surface area contributed by atoms with Crippen molar-refractivity contribution in [1.82, 2.24) is 9.88 Å². The third-order valence-corrected chi connectivity index (χ3v) is 4.28. The van der Waals surface area contributed by atoms with Crippen LogP contribution in [0.4, 0.5) is 0 Å². The van der Waals surface area contributed by atoms with Crippen LogP contribution in [0.5, 0.6) is 5.75 Å². The first-order valence-electron chi connectivity index (χ1n) is 7.28. The molecule has 2 heterocycles. The number of carbonyl (C=O) groups excluding carboxylic acids is 1. The van der Waals surface area contributed by atoms with Gasteiger partial charge >= 0.3 is 5.76 Å². The predicted molar refractivity (Wildman–Crippen MR) is 83.2 cm³/mol. The average molecular weight is 310 g/mol. The van der Waals surface area contributed by atoms with Crippen molar-refractivity contribution in [3.63, 3.8) is 0 Å². The Kier molecular flexibility index (Phi) is 2.81. The van der Waals surface area contributed by atoms with Gasteiger partial charge < -0.3 is 14.4 Å². The minimum Gasteiger partial charge on any atom is -0.508 e. The second kappa shape index (κ2) is 4.74. The molecule has 0 fully saturated rings. The van der Waals surface area contributed by atoms with E-state index in [2.05, 4.69) is 4.98 Å². The van der Waals surface area contributed by atoms with Gasteiger partial charge in [-0.2, -0.15) is 0 Å². The van der Waals surface area contributed by atoms with Crippen molar-refractivity contribution < 1.29 is 14.3 Å². The van der Waals surface area contributed by atoms with Gasteiger partial charge in [0.25, 0.3) is 5.91 Å². The summed E-state index contributed by atoms with van der Waals surface area (Å²) in [7, 11) is 0. The number of nitrogens with one attached hydrogen (secondary N) is 1. The summed E-state index contributed by atoms with van der Waals surface area (Å²) in [6, 6.07) is 10.1. The van der Waals surface area contributed by atoms with E-state index < -0.39 is 5.76 Å². The number of aromatic nitrogens is 1. The molecule has 1 aliphatic heterocycles. The maximum Gasteiger partial charge on any atom is 0.417 e. The number of hydrogen-bond acceptors (Lipinski definition) is 4. The lowest BCUT2D eigenvalue weighted by Gasteiger charge is -2.22. The Labute approximate surface area is 131 Å². The van der Waals surface area contributed by atoms with Crippen LogP contribution in [0.2, 0.25) is 0 Å². The van der Waals surface area contributed by atoms with E-state index in [1.54, 1.807) is 29.2 Å². The van der Waals surface area contributed by atoms with Gasteiger partial charge in [-0.05, 0) is 48.4 Å². The van der Waals surface area contributed by atoms with Crippen molar-refractivity contribution in [1.29, 1.82) is 0 Å². The number of phenolic OH excluding ortho intramolecular Hbond substituents is 1. The molecule has 2 N–H and O–H groups in total. The Morgan fingerprint density at radius 3 is 2.87 bits per heavy atom. The Morgan fingerprint density at radius 2 is 2.04 bits per heavy atom. The van der Waals surface area contributed by atoms with Crippen molar-refractivity contribution in [3.8, 4) is 5.75 Å². The molecule has 1 unspecified atom stereocenters. The monoisotopic (exact) mass is 310 g/mol. The topological polar surface area (TPSA) is 86.5 Å². The van der Waals surface area contributed by atoms with Crippen LogP contribution in [0.25, 0.3) is 11.1 Å². The summed E-state index contributed by atoms with van der Waals surface area (Å²) in [5.74, 6) is -0.408. The van der Waals surface area contributed by atoms with Crippen LogP contribution in [0.15, 0.2) is 45.6 Å². The van der Waals surface area contributed by atoms with Gasteiger partial charge in [-0.25, -0.2) is 4.79 Å².